The number of aliphatic carboxylic acids is 1. The molecule has 3 rings (SSSR count). The molecule has 1 aliphatic carbocycles. The molecule has 0 bridgehead atoms. The smallest absolute Gasteiger partial charge is 0.419 e. The van der Waals surface area contributed by atoms with Gasteiger partial charge in [-0.3, -0.25) is 0 Å². The molecule has 0 spiro atoms. The summed E-state index contributed by atoms with van der Waals surface area (Å²) in [7, 11) is 0. The molecule has 0 unspecified atom stereocenters. The van der Waals surface area contributed by atoms with Gasteiger partial charge in [-0.15, -0.1) is 0 Å². The summed E-state index contributed by atoms with van der Waals surface area (Å²) < 4.78 is 37.6. The van der Waals surface area contributed by atoms with E-state index in [1.807, 2.05) is 0 Å². The van der Waals surface area contributed by atoms with Gasteiger partial charge in [-0.2, -0.15) is 4.39 Å². The van der Waals surface area contributed by atoms with Crippen molar-refractivity contribution in [1.29, 1.82) is 0 Å². The van der Waals surface area contributed by atoms with Crippen molar-refractivity contribution in [2.24, 2.45) is 11.8 Å². The highest BCUT2D eigenvalue weighted by Gasteiger charge is 2.25. The fourth-order valence-electron chi connectivity index (χ4n) is 3.61. The summed E-state index contributed by atoms with van der Waals surface area (Å²) in [6, 6.07) is 7.95. The van der Waals surface area contributed by atoms with E-state index in [2.05, 4.69) is 4.98 Å². The number of amides is 1. The molecule has 1 saturated carbocycles. The van der Waals surface area contributed by atoms with E-state index in [0.717, 1.165) is 36.6 Å². The summed E-state index contributed by atoms with van der Waals surface area (Å²) in [5, 5.41) is 8.62. The zero-order valence-corrected chi connectivity index (χ0v) is 16.9. The molecule has 1 aromatic heterocycles. The highest BCUT2D eigenvalue weighted by Crippen LogP contribution is 2.31. The Morgan fingerprint density at radius 3 is 2.35 bits per heavy atom. The van der Waals surface area contributed by atoms with Gasteiger partial charge in [-0.1, -0.05) is 6.07 Å². The van der Waals surface area contributed by atoms with Crippen molar-refractivity contribution in [2.75, 3.05) is 24.7 Å². The molecule has 0 saturated heterocycles. The van der Waals surface area contributed by atoms with E-state index < -0.39 is 23.8 Å². The molecule has 1 N–H and O–H groups in total. The number of ether oxygens (including phenoxy) is 2. The molecule has 0 atom stereocenters. The predicted octanol–water partition coefficient (Wildman–Crippen LogP) is 4.54. The second-order valence-electron chi connectivity index (χ2n) is 7.53. The van der Waals surface area contributed by atoms with Gasteiger partial charge in [0.1, 0.15) is 12.4 Å². The highest BCUT2D eigenvalue weighted by atomic mass is 19.1. The van der Waals surface area contributed by atoms with Crippen LogP contribution >= 0.6 is 0 Å². The second kappa shape index (κ2) is 10.8. The van der Waals surface area contributed by atoms with Crippen molar-refractivity contribution in [3.05, 3.63) is 54.4 Å². The number of carbonyl (C=O) groups is 2. The van der Waals surface area contributed by atoms with E-state index in [1.165, 1.54) is 30.5 Å². The molecule has 9 heteroatoms. The minimum atomic E-state index is -0.986. The fraction of sp³-hybridized carbons (Fsp3) is 0.409. The Morgan fingerprint density at radius 2 is 1.74 bits per heavy atom. The summed E-state index contributed by atoms with van der Waals surface area (Å²) in [4.78, 5) is 28.1. The lowest BCUT2D eigenvalue weighted by molar-refractivity contribution is -0.142. The van der Waals surface area contributed by atoms with Crippen LogP contribution in [-0.4, -0.2) is 42.0 Å². The summed E-state index contributed by atoms with van der Waals surface area (Å²) in [6.45, 7) is 0.303. The third kappa shape index (κ3) is 6.71. The number of carboxylic acid groups (broad SMARTS) is 1. The zero-order valence-electron chi connectivity index (χ0n) is 16.9. The maximum Gasteiger partial charge on any atom is 0.419 e. The van der Waals surface area contributed by atoms with Crippen LogP contribution in [0.15, 0.2) is 42.6 Å². The Balaban J connectivity index is 1.57. The fourth-order valence-corrected chi connectivity index (χ4v) is 3.61. The number of aromatic nitrogens is 1. The Hall–Kier alpha value is -3.07. The number of anilines is 2. The van der Waals surface area contributed by atoms with Gasteiger partial charge in [0.2, 0.25) is 5.95 Å². The second-order valence-corrected chi connectivity index (χ2v) is 7.53. The molecular formula is C22H24F2N2O5. The molecule has 1 fully saturated rings. The summed E-state index contributed by atoms with van der Waals surface area (Å²) >= 11 is 0. The SMILES string of the molecule is O=C(O)COCC1CCC(COC(=O)N(c2ccc(F)nc2)c2cccc(F)c2)CC1. The number of carbonyl (C=O) groups excluding carboxylic acids is 1. The molecule has 0 aliphatic heterocycles. The average Bonchev–Trinajstić information content (AvgIpc) is 2.74. The van der Waals surface area contributed by atoms with Crippen LogP contribution in [0.25, 0.3) is 0 Å². The quantitative estimate of drug-likeness (QED) is 0.614. The number of nitrogens with zero attached hydrogens (tertiary/aromatic N) is 2. The minimum absolute atomic E-state index is 0.167. The molecule has 2 aromatic rings. The highest BCUT2D eigenvalue weighted by molar-refractivity contribution is 5.95. The summed E-state index contributed by atoms with van der Waals surface area (Å²) in [6.07, 6.45) is 3.85. The summed E-state index contributed by atoms with van der Waals surface area (Å²) in [5.74, 6) is -1.74. The lowest BCUT2D eigenvalue weighted by atomic mass is 9.83. The Labute approximate surface area is 178 Å². The van der Waals surface area contributed by atoms with Crippen LogP contribution in [0, 0.1) is 23.6 Å². The van der Waals surface area contributed by atoms with E-state index in [4.69, 9.17) is 14.6 Å². The van der Waals surface area contributed by atoms with Crippen LogP contribution in [0.3, 0.4) is 0 Å². The van der Waals surface area contributed by atoms with E-state index in [1.54, 1.807) is 6.07 Å². The van der Waals surface area contributed by atoms with Gasteiger partial charge in [0, 0.05) is 0 Å². The van der Waals surface area contributed by atoms with Crippen LogP contribution < -0.4 is 4.90 Å². The molecule has 7 nitrogen and oxygen atoms in total. The first-order valence-corrected chi connectivity index (χ1v) is 10.1. The maximum atomic E-state index is 13.7. The van der Waals surface area contributed by atoms with Gasteiger partial charge in [0.25, 0.3) is 0 Å². The van der Waals surface area contributed by atoms with E-state index in [-0.39, 0.29) is 30.5 Å². The molecule has 31 heavy (non-hydrogen) atoms. The summed E-state index contributed by atoms with van der Waals surface area (Å²) in [5.41, 5.74) is 0.508. The monoisotopic (exact) mass is 434 g/mol. The lowest BCUT2D eigenvalue weighted by Gasteiger charge is -2.29. The maximum absolute atomic E-state index is 13.7. The zero-order chi connectivity index (χ0) is 22.2. The van der Waals surface area contributed by atoms with Crippen LogP contribution in [0.5, 0.6) is 0 Å². The van der Waals surface area contributed by atoms with Crippen molar-refractivity contribution in [3.63, 3.8) is 0 Å². The standard InChI is InChI=1S/C22H24F2N2O5/c23-17-2-1-3-18(10-17)26(19-8-9-20(24)25-11-19)22(29)31-13-16-6-4-15(5-7-16)12-30-14-21(27)28/h1-3,8-11,15-16H,4-7,12-14H2,(H,27,28). The largest absolute Gasteiger partial charge is 0.480 e. The Kier molecular flexibility index (Phi) is 7.88. The number of hydrogen-bond acceptors (Lipinski definition) is 5. The lowest BCUT2D eigenvalue weighted by Crippen LogP contribution is -2.30. The van der Waals surface area contributed by atoms with Crippen LogP contribution in [0.4, 0.5) is 25.0 Å². The van der Waals surface area contributed by atoms with Crippen LogP contribution in [0.1, 0.15) is 25.7 Å². The number of hydrogen-bond donors (Lipinski definition) is 1. The van der Waals surface area contributed by atoms with Crippen LogP contribution in [-0.2, 0) is 14.3 Å². The van der Waals surface area contributed by atoms with Crippen molar-refractivity contribution in [3.8, 4) is 0 Å². The van der Waals surface area contributed by atoms with Gasteiger partial charge >= 0.3 is 12.1 Å². The van der Waals surface area contributed by atoms with Crippen molar-refractivity contribution in [2.45, 2.75) is 25.7 Å². The molecule has 1 heterocycles. The van der Waals surface area contributed by atoms with Crippen LogP contribution in [0.2, 0.25) is 0 Å². The van der Waals surface area contributed by atoms with Crippen molar-refractivity contribution < 1.29 is 33.0 Å². The first-order chi connectivity index (χ1) is 14.9. The Bertz CT molecular complexity index is 886. The molecule has 0 radical (unpaired) electrons. The molecule has 166 valence electrons. The third-order valence-corrected chi connectivity index (χ3v) is 5.21. The number of halogens is 2. The van der Waals surface area contributed by atoms with Gasteiger partial charge in [-0.05, 0) is 67.9 Å². The van der Waals surface area contributed by atoms with Crippen molar-refractivity contribution in [1.82, 2.24) is 4.98 Å². The van der Waals surface area contributed by atoms with E-state index in [0.29, 0.717) is 12.5 Å². The predicted molar refractivity (Wildman–Crippen MR) is 108 cm³/mol. The third-order valence-electron chi connectivity index (χ3n) is 5.21. The topological polar surface area (TPSA) is 89.0 Å². The minimum Gasteiger partial charge on any atom is -0.480 e. The van der Waals surface area contributed by atoms with Gasteiger partial charge in [-0.25, -0.2) is 23.9 Å². The number of rotatable bonds is 8. The number of pyridine rings is 1. The van der Waals surface area contributed by atoms with E-state index >= 15 is 0 Å². The number of benzene rings is 1. The first-order valence-electron chi connectivity index (χ1n) is 10.1. The van der Waals surface area contributed by atoms with Gasteiger partial charge < -0.3 is 14.6 Å². The molecule has 1 amide bonds. The first kappa shape index (κ1) is 22.6. The van der Waals surface area contributed by atoms with Gasteiger partial charge in [0.15, 0.2) is 0 Å². The Morgan fingerprint density at radius 1 is 1.03 bits per heavy atom. The van der Waals surface area contributed by atoms with Gasteiger partial charge in [0.05, 0.1) is 30.8 Å². The number of carboxylic acids is 1. The molecular weight excluding hydrogens is 410 g/mol. The molecule has 1 aliphatic rings. The van der Waals surface area contributed by atoms with E-state index in [9.17, 15) is 18.4 Å². The normalized spacial score (nSPS) is 18.4. The van der Waals surface area contributed by atoms with Crippen molar-refractivity contribution >= 4 is 23.4 Å². The average molecular weight is 434 g/mol. The molecule has 1 aromatic carbocycles.